The Kier molecular flexibility index (Phi) is 6.53. The van der Waals surface area contributed by atoms with Gasteiger partial charge in [0.25, 0.3) is 5.56 Å². The maximum Gasteiger partial charge on any atom is 0.338 e. The Bertz CT molecular complexity index is 1450. The molecule has 33 heavy (non-hydrogen) atoms. The van der Waals surface area contributed by atoms with Crippen LogP contribution in [0.25, 0.3) is 6.08 Å². The predicted octanol–water partition coefficient (Wildman–Crippen LogP) is 3.28. The molecule has 0 saturated heterocycles. The molecule has 170 valence electrons. The van der Waals surface area contributed by atoms with Crippen molar-refractivity contribution in [1.29, 1.82) is 0 Å². The SMILES string of the molecule is CCOC(=O)C1=C(C)N=c2s/c(=C/c3cccc(O)c3)c(=O)n2[C@@H]1c1ccc(OC)c(Br)c1. The van der Waals surface area contributed by atoms with Gasteiger partial charge in [0, 0.05) is 0 Å². The van der Waals surface area contributed by atoms with Gasteiger partial charge in [-0.25, -0.2) is 9.79 Å². The van der Waals surface area contributed by atoms with Gasteiger partial charge >= 0.3 is 5.97 Å². The highest BCUT2D eigenvalue weighted by molar-refractivity contribution is 9.10. The van der Waals surface area contributed by atoms with E-state index in [0.29, 0.717) is 42.0 Å². The first-order valence-electron chi connectivity index (χ1n) is 10.2. The molecule has 4 rings (SSSR count). The third kappa shape index (κ3) is 4.38. The van der Waals surface area contributed by atoms with Crippen LogP contribution in [0, 0.1) is 0 Å². The van der Waals surface area contributed by atoms with Gasteiger partial charge in [-0.2, -0.15) is 0 Å². The van der Waals surface area contributed by atoms with Gasteiger partial charge in [-0.3, -0.25) is 9.36 Å². The molecule has 0 radical (unpaired) electrons. The molecule has 1 aliphatic heterocycles. The Morgan fingerprint density at radius 3 is 2.76 bits per heavy atom. The van der Waals surface area contributed by atoms with Gasteiger partial charge in [0.15, 0.2) is 4.80 Å². The number of methoxy groups -OCH3 is 1. The summed E-state index contributed by atoms with van der Waals surface area (Å²) in [6.07, 6.45) is 1.70. The van der Waals surface area contributed by atoms with Crippen LogP contribution >= 0.6 is 27.3 Å². The molecule has 3 aromatic rings. The van der Waals surface area contributed by atoms with Crippen LogP contribution in [0.4, 0.5) is 0 Å². The minimum absolute atomic E-state index is 0.109. The summed E-state index contributed by atoms with van der Waals surface area (Å²) < 4.78 is 13.3. The van der Waals surface area contributed by atoms with E-state index >= 15 is 0 Å². The normalized spacial score (nSPS) is 15.8. The molecule has 0 saturated carbocycles. The number of carbonyl (C=O) groups excluding carboxylic acids is 1. The smallest absolute Gasteiger partial charge is 0.338 e. The topological polar surface area (TPSA) is 90.1 Å². The third-order valence-corrected chi connectivity index (χ3v) is 6.78. The molecule has 0 fully saturated rings. The van der Waals surface area contributed by atoms with E-state index < -0.39 is 12.0 Å². The van der Waals surface area contributed by atoms with Crippen LogP contribution in [0.5, 0.6) is 11.5 Å². The predicted molar refractivity (Wildman–Crippen MR) is 129 cm³/mol. The second-order valence-electron chi connectivity index (χ2n) is 7.29. The molecule has 7 nitrogen and oxygen atoms in total. The molecule has 0 spiro atoms. The molecule has 0 bridgehead atoms. The second kappa shape index (κ2) is 9.36. The Labute approximate surface area is 202 Å². The second-order valence-corrected chi connectivity index (χ2v) is 9.15. The largest absolute Gasteiger partial charge is 0.508 e. The van der Waals surface area contributed by atoms with E-state index in [1.54, 1.807) is 57.4 Å². The van der Waals surface area contributed by atoms with E-state index in [1.807, 2.05) is 12.1 Å². The average molecular weight is 529 g/mol. The van der Waals surface area contributed by atoms with Gasteiger partial charge < -0.3 is 14.6 Å². The van der Waals surface area contributed by atoms with Gasteiger partial charge in [0.2, 0.25) is 0 Å². The number of phenolic OH excluding ortho intramolecular Hbond substituents is 1. The third-order valence-electron chi connectivity index (χ3n) is 5.18. The van der Waals surface area contributed by atoms with Crippen molar-refractivity contribution >= 4 is 39.3 Å². The number of hydrogen-bond acceptors (Lipinski definition) is 7. The van der Waals surface area contributed by atoms with E-state index in [-0.39, 0.29) is 17.9 Å². The fraction of sp³-hybridized carbons (Fsp3) is 0.208. The van der Waals surface area contributed by atoms with Crippen LogP contribution in [-0.2, 0) is 9.53 Å². The lowest BCUT2D eigenvalue weighted by atomic mass is 9.96. The number of fused-ring (bicyclic) bond motifs is 1. The Morgan fingerprint density at radius 1 is 1.30 bits per heavy atom. The summed E-state index contributed by atoms with van der Waals surface area (Å²) in [7, 11) is 1.57. The number of hydrogen-bond donors (Lipinski definition) is 1. The first-order valence-corrected chi connectivity index (χ1v) is 11.8. The van der Waals surface area contributed by atoms with Crippen LogP contribution in [-0.4, -0.2) is 29.4 Å². The Balaban J connectivity index is 1.97. The van der Waals surface area contributed by atoms with E-state index in [4.69, 9.17) is 9.47 Å². The van der Waals surface area contributed by atoms with Crippen LogP contribution in [0.3, 0.4) is 0 Å². The molecule has 9 heteroatoms. The van der Waals surface area contributed by atoms with Crippen LogP contribution in [0.1, 0.15) is 31.0 Å². The standard InChI is InChI=1S/C24H21BrN2O5S/c1-4-32-23(30)20-13(2)26-24-27(21(20)15-8-9-18(31-3)17(25)12-15)22(29)19(33-24)11-14-6-5-7-16(28)10-14/h5-12,21,28H,4H2,1-3H3/b19-11+/t21-/m1/s1. The maximum atomic E-state index is 13.5. The van der Waals surface area contributed by atoms with Crippen molar-refractivity contribution in [1.82, 2.24) is 4.57 Å². The Hall–Kier alpha value is -3.17. The number of aromatic nitrogens is 1. The highest BCUT2D eigenvalue weighted by Crippen LogP contribution is 2.35. The number of aromatic hydroxyl groups is 1. The lowest BCUT2D eigenvalue weighted by Gasteiger charge is -2.25. The van der Waals surface area contributed by atoms with E-state index in [1.165, 1.54) is 15.9 Å². The number of halogens is 1. The highest BCUT2D eigenvalue weighted by Gasteiger charge is 2.33. The number of esters is 1. The molecule has 1 N–H and O–H groups in total. The molecule has 0 unspecified atom stereocenters. The maximum absolute atomic E-state index is 13.5. The summed E-state index contributed by atoms with van der Waals surface area (Å²) in [6, 6.07) is 11.4. The fourth-order valence-electron chi connectivity index (χ4n) is 3.73. The fourth-order valence-corrected chi connectivity index (χ4v) is 5.33. The molecular weight excluding hydrogens is 508 g/mol. The lowest BCUT2D eigenvalue weighted by molar-refractivity contribution is -0.139. The number of allylic oxidation sites excluding steroid dienone is 1. The van der Waals surface area contributed by atoms with Crippen molar-refractivity contribution in [3.8, 4) is 11.5 Å². The number of rotatable bonds is 5. The van der Waals surface area contributed by atoms with Crippen LogP contribution in [0.15, 0.2) is 68.0 Å². The molecule has 0 aliphatic carbocycles. The number of thiazole rings is 1. The van der Waals surface area contributed by atoms with Crippen LogP contribution in [0.2, 0.25) is 0 Å². The van der Waals surface area contributed by atoms with Gasteiger partial charge in [-0.15, -0.1) is 0 Å². The van der Waals surface area contributed by atoms with E-state index in [9.17, 15) is 14.7 Å². The zero-order chi connectivity index (χ0) is 23.7. The number of carbonyl (C=O) groups is 1. The number of phenols is 1. The number of ether oxygens (including phenoxy) is 2. The van der Waals surface area contributed by atoms with Crippen LogP contribution < -0.4 is 19.6 Å². The van der Waals surface area contributed by atoms with Gasteiger partial charge in [-0.05, 0) is 71.2 Å². The van der Waals surface area contributed by atoms with Crippen molar-refractivity contribution in [2.75, 3.05) is 13.7 Å². The van der Waals surface area contributed by atoms with Crippen molar-refractivity contribution in [2.45, 2.75) is 19.9 Å². The Morgan fingerprint density at radius 2 is 2.09 bits per heavy atom. The van der Waals surface area contributed by atoms with Crippen molar-refractivity contribution in [3.05, 3.63) is 89.0 Å². The van der Waals surface area contributed by atoms with Gasteiger partial charge in [-0.1, -0.05) is 29.5 Å². The summed E-state index contributed by atoms with van der Waals surface area (Å²) in [6.45, 7) is 3.68. The molecule has 2 heterocycles. The van der Waals surface area contributed by atoms with E-state index in [0.717, 1.165) is 0 Å². The highest BCUT2D eigenvalue weighted by atomic mass is 79.9. The molecule has 1 aliphatic rings. The summed E-state index contributed by atoms with van der Waals surface area (Å²) in [5.74, 6) is 0.226. The average Bonchev–Trinajstić information content (AvgIpc) is 3.07. The molecule has 1 aromatic heterocycles. The summed E-state index contributed by atoms with van der Waals surface area (Å²) in [4.78, 5) is 31.5. The molecule has 2 aromatic carbocycles. The summed E-state index contributed by atoms with van der Waals surface area (Å²) >= 11 is 4.72. The monoisotopic (exact) mass is 528 g/mol. The quantitative estimate of drug-likeness (QED) is 0.513. The number of nitrogens with zero attached hydrogens (tertiary/aromatic N) is 2. The van der Waals surface area contributed by atoms with Gasteiger partial charge in [0.1, 0.15) is 11.5 Å². The lowest BCUT2D eigenvalue weighted by Crippen LogP contribution is -2.39. The zero-order valence-electron chi connectivity index (χ0n) is 18.2. The van der Waals surface area contributed by atoms with Gasteiger partial charge in [0.05, 0.1) is 40.0 Å². The van der Waals surface area contributed by atoms with Crippen molar-refractivity contribution in [3.63, 3.8) is 0 Å². The number of benzene rings is 2. The minimum Gasteiger partial charge on any atom is -0.508 e. The molecular formula is C24H21BrN2O5S. The first kappa shape index (κ1) is 23.0. The summed E-state index contributed by atoms with van der Waals surface area (Å²) in [5.41, 5.74) is 1.92. The minimum atomic E-state index is -0.714. The molecule has 0 amide bonds. The van der Waals surface area contributed by atoms with E-state index in [2.05, 4.69) is 20.9 Å². The summed E-state index contributed by atoms with van der Waals surface area (Å²) in [5, 5.41) is 9.77. The first-order chi connectivity index (χ1) is 15.8. The zero-order valence-corrected chi connectivity index (χ0v) is 20.6. The van der Waals surface area contributed by atoms with Crippen molar-refractivity contribution < 1.29 is 19.4 Å². The molecule has 1 atom stereocenters. The van der Waals surface area contributed by atoms with Crippen molar-refractivity contribution in [2.24, 2.45) is 4.99 Å².